The zero-order chi connectivity index (χ0) is 8.55. The molecule has 0 saturated heterocycles. The Kier molecular flexibility index (Phi) is 1.77. The van der Waals surface area contributed by atoms with Crippen LogP contribution in [0.2, 0.25) is 0 Å². The third kappa shape index (κ3) is 1.30. The normalized spacial score (nSPS) is 11.2. The highest BCUT2D eigenvalue weighted by atomic mass is 32.1. The van der Waals surface area contributed by atoms with E-state index in [0.717, 1.165) is 10.3 Å². The fourth-order valence-corrected chi connectivity index (χ4v) is 1.53. The molecule has 0 aromatic carbocycles. The van der Waals surface area contributed by atoms with Crippen LogP contribution < -0.4 is 4.74 Å². The summed E-state index contributed by atoms with van der Waals surface area (Å²) in [4.78, 5) is 5.30. The summed E-state index contributed by atoms with van der Waals surface area (Å²) < 4.78 is 8.50. The van der Waals surface area contributed by atoms with Crippen molar-refractivity contribution in [2.45, 2.75) is 20.0 Å². The first-order chi connectivity index (χ1) is 5.75. The molecule has 0 amide bonds. The topological polar surface area (TPSA) is 37.9 Å². The molecule has 12 heavy (non-hydrogen) atoms. The van der Waals surface area contributed by atoms with Crippen molar-refractivity contribution in [1.82, 2.24) is 9.36 Å². The van der Waals surface area contributed by atoms with Crippen LogP contribution in [0.15, 0.2) is 12.1 Å². The zero-order valence-corrected chi connectivity index (χ0v) is 7.81. The number of nitrogens with zero attached hydrogens (tertiary/aromatic N) is 1. The average molecular weight is 182 g/mol. The summed E-state index contributed by atoms with van der Waals surface area (Å²) in [5, 5.41) is 0. The largest absolute Gasteiger partial charge is 0.475 e. The van der Waals surface area contributed by atoms with Crippen LogP contribution in [0.5, 0.6) is 5.88 Å². The van der Waals surface area contributed by atoms with E-state index in [1.54, 1.807) is 0 Å². The van der Waals surface area contributed by atoms with E-state index >= 15 is 0 Å². The van der Waals surface area contributed by atoms with Crippen molar-refractivity contribution < 1.29 is 4.74 Å². The van der Waals surface area contributed by atoms with Crippen LogP contribution in [0.4, 0.5) is 0 Å². The van der Waals surface area contributed by atoms with Gasteiger partial charge in [0.25, 0.3) is 0 Å². The molecule has 0 unspecified atom stereocenters. The van der Waals surface area contributed by atoms with Gasteiger partial charge in [0.15, 0.2) is 4.83 Å². The summed E-state index contributed by atoms with van der Waals surface area (Å²) in [5.41, 5.74) is 1.09. The first-order valence-electron chi connectivity index (χ1n) is 3.86. The number of pyridine rings is 1. The Morgan fingerprint density at radius 3 is 2.83 bits per heavy atom. The van der Waals surface area contributed by atoms with Crippen molar-refractivity contribution in [3.63, 3.8) is 0 Å². The van der Waals surface area contributed by atoms with Crippen molar-refractivity contribution in [1.29, 1.82) is 0 Å². The van der Waals surface area contributed by atoms with Crippen LogP contribution in [0, 0.1) is 0 Å². The number of aromatic amines is 1. The molecular weight excluding hydrogens is 172 g/mol. The second-order valence-electron chi connectivity index (χ2n) is 2.87. The van der Waals surface area contributed by atoms with E-state index in [-0.39, 0.29) is 6.10 Å². The summed E-state index contributed by atoms with van der Waals surface area (Å²) in [7, 11) is 0. The highest BCUT2D eigenvalue weighted by molar-refractivity contribution is 7.14. The van der Waals surface area contributed by atoms with E-state index < -0.39 is 0 Å². The van der Waals surface area contributed by atoms with E-state index in [1.807, 2.05) is 26.0 Å². The highest BCUT2D eigenvalue weighted by Crippen LogP contribution is 2.21. The number of hydrogen-bond donors (Lipinski definition) is 1. The average Bonchev–Trinajstić information content (AvgIpc) is 1.94. The zero-order valence-electron chi connectivity index (χ0n) is 7.00. The molecule has 2 aromatic rings. The second kappa shape index (κ2) is 2.79. The minimum atomic E-state index is 0.189. The first kappa shape index (κ1) is 7.61. The predicted octanol–water partition coefficient (Wildman–Crippen LogP) is 2.41. The molecule has 2 heterocycles. The smallest absolute Gasteiger partial charge is 0.215 e. The number of H-pyrrole nitrogens is 1. The molecule has 0 atom stereocenters. The first-order valence-corrected chi connectivity index (χ1v) is 4.68. The van der Waals surface area contributed by atoms with E-state index in [9.17, 15) is 0 Å². The molecule has 0 radical (unpaired) electrons. The molecule has 0 saturated carbocycles. The van der Waals surface area contributed by atoms with E-state index in [2.05, 4.69) is 9.36 Å². The van der Waals surface area contributed by atoms with Gasteiger partial charge >= 0.3 is 0 Å². The number of rotatable bonds is 2. The lowest BCUT2D eigenvalue weighted by molar-refractivity contribution is 0.233. The van der Waals surface area contributed by atoms with Crippen LogP contribution in [0.1, 0.15) is 13.8 Å². The molecule has 0 fully saturated rings. The van der Waals surface area contributed by atoms with Gasteiger partial charge in [0.1, 0.15) is 0 Å². The lowest BCUT2D eigenvalue weighted by Gasteiger charge is -2.09. The second-order valence-corrected chi connectivity index (χ2v) is 3.67. The maximum Gasteiger partial charge on any atom is 0.215 e. The Bertz CT molecular complexity index is 377. The monoisotopic (exact) mass is 182 g/mol. The van der Waals surface area contributed by atoms with Crippen molar-refractivity contribution in [3.05, 3.63) is 12.1 Å². The molecule has 0 aliphatic heterocycles. The molecule has 3 nitrogen and oxygen atoms in total. The predicted molar refractivity (Wildman–Crippen MR) is 49.7 cm³/mol. The Labute approximate surface area is 74.5 Å². The number of hydrogen-bond acceptors (Lipinski definition) is 3. The molecule has 0 bridgehead atoms. The number of ether oxygens (including phenoxy) is 1. The SMILES string of the molecule is CC(C)Oc1ccc2[nH]sc2n1. The summed E-state index contributed by atoms with van der Waals surface area (Å²) in [6.45, 7) is 3.98. The highest BCUT2D eigenvalue weighted by Gasteiger charge is 2.03. The van der Waals surface area contributed by atoms with Gasteiger partial charge in [-0.25, -0.2) is 0 Å². The van der Waals surface area contributed by atoms with Crippen molar-refractivity contribution in [2.75, 3.05) is 0 Å². The number of nitrogens with one attached hydrogen (secondary N) is 1. The van der Waals surface area contributed by atoms with Crippen LogP contribution in [-0.2, 0) is 0 Å². The third-order valence-electron chi connectivity index (χ3n) is 1.45. The van der Waals surface area contributed by atoms with Gasteiger partial charge in [-0.2, -0.15) is 4.98 Å². The van der Waals surface area contributed by atoms with Gasteiger partial charge in [0, 0.05) is 6.07 Å². The van der Waals surface area contributed by atoms with Gasteiger partial charge in [0.2, 0.25) is 5.88 Å². The van der Waals surface area contributed by atoms with E-state index in [4.69, 9.17) is 4.74 Å². The summed E-state index contributed by atoms with van der Waals surface area (Å²) in [6, 6.07) is 3.86. The van der Waals surface area contributed by atoms with Gasteiger partial charge in [-0.05, 0) is 31.4 Å². The van der Waals surface area contributed by atoms with Gasteiger partial charge in [-0.15, -0.1) is 0 Å². The summed E-state index contributed by atoms with van der Waals surface area (Å²) >= 11 is 1.53. The van der Waals surface area contributed by atoms with Crippen LogP contribution in [0.3, 0.4) is 0 Å². The quantitative estimate of drug-likeness (QED) is 0.774. The molecule has 2 rings (SSSR count). The standard InChI is InChI=1S/C8H10N2OS/c1-5(2)11-7-4-3-6-8(9-7)12-10-6/h3-5,10H,1-2H3. The molecule has 4 heteroatoms. The summed E-state index contributed by atoms with van der Waals surface area (Å²) in [5.74, 6) is 0.706. The third-order valence-corrected chi connectivity index (χ3v) is 2.28. The van der Waals surface area contributed by atoms with Crippen molar-refractivity contribution in [3.8, 4) is 5.88 Å². The van der Waals surface area contributed by atoms with E-state index in [1.165, 1.54) is 11.5 Å². The molecule has 0 aliphatic rings. The summed E-state index contributed by atoms with van der Waals surface area (Å²) in [6.07, 6.45) is 0.189. The van der Waals surface area contributed by atoms with E-state index in [0.29, 0.717) is 5.88 Å². The Hall–Kier alpha value is -1.03. The van der Waals surface area contributed by atoms with Gasteiger partial charge < -0.3 is 9.11 Å². The molecule has 0 aliphatic carbocycles. The van der Waals surface area contributed by atoms with Crippen LogP contribution in [-0.4, -0.2) is 15.5 Å². The molecule has 0 spiro atoms. The molecular formula is C8H10N2OS. The van der Waals surface area contributed by atoms with Crippen LogP contribution >= 0.6 is 11.5 Å². The minimum absolute atomic E-state index is 0.189. The Balaban J connectivity index is 2.27. The fourth-order valence-electron chi connectivity index (χ4n) is 0.943. The van der Waals surface area contributed by atoms with Gasteiger partial charge in [-0.1, -0.05) is 0 Å². The lowest BCUT2D eigenvalue weighted by Crippen LogP contribution is -2.06. The molecule has 2 aromatic heterocycles. The maximum absolute atomic E-state index is 5.43. The van der Waals surface area contributed by atoms with Crippen molar-refractivity contribution >= 4 is 21.9 Å². The molecule has 64 valence electrons. The number of aromatic nitrogens is 2. The maximum atomic E-state index is 5.43. The lowest BCUT2D eigenvalue weighted by atomic mass is 10.4. The molecule has 1 N–H and O–H groups in total. The number of fused-ring (bicyclic) bond motifs is 1. The van der Waals surface area contributed by atoms with Crippen LogP contribution in [0.25, 0.3) is 10.3 Å². The van der Waals surface area contributed by atoms with Gasteiger partial charge in [-0.3, -0.25) is 0 Å². The van der Waals surface area contributed by atoms with Crippen molar-refractivity contribution in [2.24, 2.45) is 0 Å². The minimum Gasteiger partial charge on any atom is -0.475 e. The van der Waals surface area contributed by atoms with Gasteiger partial charge in [0.05, 0.1) is 11.6 Å². The Morgan fingerprint density at radius 2 is 2.33 bits per heavy atom. The Morgan fingerprint density at radius 1 is 1.50 bits per heavy atom. The fraction of sp³-hybridized carbons (Fsp3) is 0.375.